The van der Waals surface area contributed by atoms with Crippen LogP contribution in [0, 0.1) is 0 Å². The number of rotatable bonds is 4. The summed E-state index contributed by atoms with van der Waals surface area (Å²) in [6.45, 7) is 1.93. The molecule has 31 heavy (non-hydrogen) atoms. The zero-order valence-corrected chi connectivity index (χ0v) is 17.9. The Morgan fingerprint density at radius 1 is 1.32 bits per heavy atom. The van der Waals surface area contributed by atoms with Gasteiger partial charge in [-0.1, -0.05) is 0 Å². The van der Waals surface area contributed by atoms with Crippen molar-refractivity contribution in [1.29, 1.82) is 0 Å². The summed E-state index contributed by atoms with van der Waals surface area (Å²) in [7, 11) is 0. The summed E-state index contributed by atoms with van der Waals surface area (Å²) in [5, 5.41) is 6.29. The van der Waals surface area contributed by atoms with Crippen molar-refractivity contribution < 1.29 is 14.3 Å². The SMILES string of the molecule is CC1Oc2ccc(NC(=O)CCn3cnc4sc5c(c4c3=O)CCCC5)cc2NC1=O. The lowest BCUT2D eigenvalue weighted by Crippen LogP contribution is -2.34. The van der Waals surface area contributed by atoms with Crippen molar-refractivity contribution >= 4 is 44.7 Å². The molecule has 2 N–H and O–H groups in total. The minimum absolute atomic E-state index is 0.0695. The second kappa shape index (κ2) is 7.81. The van der Waals surface area contributed by atoms with Crippen molar-refractivity contribution in [1.82, 2.24) is 9.55 Å². The zero-order chi connectivity index (χ0) is 21.5. The predicted octanol–water partition coefficient (Wildman–Crippen LogP) is 3.09. The van der Waals surface area contributed by atoms with Crippen LogP contribution in [0.2, 0.25) is 0 Å². The van der Waals surface area contributed by atoms with Crippen LogP contribution in [-0.4, -0.2) is 27.5 Å². The fourth-order valence-corrected chi connectivity index (χ4v) is 5.29. The number of nitrogens with zero attached hydrogens (tertiary/aromatic N) is 2. The molecule has 160 valence electrons. The van der Waals surface area contributed by atoms with Crippen molar-refractivity contribution in [2.24, 2.45) is 0 Å². The molecule has 0 bridgehead atoms. The average Bonchev–Trinajstić information content (AvgIpc) is 3.14. The molecule has 0 spiro atoms. The molecule has 2 aromatic heterocycles. The molecule has 0 saturated heterocycles. The van der Waals surface area contributed by atoms with Gasteiger partial charge in [-0.05, 0) is 56.4 Å². The molecule has 3 heterocycles. The van der Waals surface area contributed by atoms with E-state index in [1.807, 2.05) is 0 Å². The van der Waals surface area contributed by atoms with E-state index in [0.717, 1.165) is 41.5 Å². The zero-order valence-electron chi connectivity index (χ0n) is 17.1. The molecule has 2 amide bonds. The molecule has 0 radical (unpaired) electrons. The Kier molecular flexibility index (Phi) is 4.97. The number of nitrogens with one attached hydrogen (secondary N) is 2. The van der Waals surface area contributed by atoms with Crippen LogP contribution < -0.4 is 20.9 Å². The van der Waals surface area contributed by atoms with Gasteiger partial charge in [-0.15, -0.1) is 11.3 Å². The predicted molar refractivity (Wildman–Crippen MR) is 119 cm³/mol. The Hall–Kier alpha value is -3.20. The quantitative estimate of drug-likeness (QED) is 0.652. The molecule has 9 heteroatoms. The van der Waals surface area contributed by atoms with Gasteiger partial charge in [0.15, 0.2) is 6.10 Å². The van der Waals surface area contributed by atoms with Crippen molar-refractivity contribution in [3.8, 4) is 5.75 Å². The molecular formula is C22H22N4O4S. The van der Waals surface area contributed by atoms with Gasteiger partial charge in [-0.3, -0.25) is 19.0 Å². The van der Waals surface area contributed by atoms with Crippen LogP contribution >= 0.6 is 11.3 Å². The van der Waals surface area contributed by atoms with Crippen molar-refractivity contribution in [2.75, 3.05) is 10.6 Å². The molecule has 3 aromatic rings. The van der Waals surface area contributed by atoms with Crippen LogP contribution in [0.4, 0.5) is 11.4 Å². The highest BCUT2D eigenvalue weighted by atomic mass is 32.1. The normalized spacial score (nSPS) is 17.5. The second-order valence-electron chi connectivity index (χ2n) is 7.89. The van der Waals surface area contributed by atoms with Gasteiger partial charge < -0.3 is 15.4 Å². The summed E-state index contributed by atoms with van der Waals surface area (Å²) in [4.78, 5) is 43.8. The molecule has 1 aliphatic carbocycles. The lowest BCUT2D eigenvalue weighted by Gasteiger charge is -2.23. The van der Waals surface area contributed by atoms with E-state index in [1.165, 1.54) is 15.8 Å². The number of anilines is 2. The van der Waals surface area contributed by atoms with Crippen LogP contribution in [-0.2, 0) is 29.0 Å². The fourth-order valence-electron chi connectivity index (χ4n) is 4.07. The van der Waals surface area contributed by atoms with E-state index < -0.39 is 6.10 Å². The fraction of sp³-hybridized carbons (Fsp3) is 0.364. The maximum absolute atomic E-state index is 13.0. The van der Waals surface area contributed by atoms with E-state index in [-0.39, 0.29) is 30.3 Å². The second-order valence-corrected chi connectivity index (χ2v) is 8.98. The highest BCUT2D eigenvalue weighted by Gasteiger charge is 2.24. The largest absolute Gasteiger partial charge is 0.479 e. The molecule has 8 nitrogen and oxygen atoms in total. The number of benzene rings is 1. The topological polar surface area (TPSA) is 102 Å². The number of fused-ring (bicyclic) bond motifs is 4. The van der Waals surface area contributed by atoms with Gasteiger partial charge >= 0.3 is 0 Å². The van der Waals surface area contributed by atoms with Crippen LogP contribution in [0.1, 0.15) is 36.6 Å². The maximum atomic E-state index is 13.0. The summed E-state index contributed by atoms with van der Waals surface area (Å²) in [5.74, 6) is 0.111. The molecule has 5 rings (SSSR count). The molecule has 1 aliphatic heterocycles. The third-order valence-corrected chi connectivity index (χ3v) is 6.92. The number of thiophene rings is 1. The van der Waals surface area contributed by atoms with E-state index >= 15 is 0 Å². The maximum Gasteiger partial charge on any atom is 0.265 e. The Bertz CT molecular complexity index is 1260. The third kappa shape index (κ3) is 3.69. The van der Waals surface area contributed by atoms with Gasteiger partial charge in [-0.25, -0.2) is 4.98 Å². The minimum Gasteiger partial charge on any atom is -0.479 e. The minimum atomic E-state index is -0.550. The van der Waals surface area contributed by atoms with Gasteiger partial charge in [0.1, 0.15) is 10.6 Å². The average molecular weight is 439 g/mol. The summed E-state index contributed by atoms with van der Waals surface area (Å²) < 4.78 is 7.04. The summed E-state index contributed by atoms with van der Waals surface area (Å²) in [5.41, 5.74) is 2.15. The number of carbonyl (C=O) groups excluding carboxylic acids is 2. The number of aryl methyl sites for hydroxylation is 3. The first-order chi connectivity index (χ1) is 15.0. The van der Waals surface area contributed by atoms with E-state index in [2.05, 4.69) is 15.6 Å². The summed E-state index contributed by atoms with van der Waals surface area (Å²) in [6.07, 6.45) is 5.32. The standard InChI is InChI=1S/C22H22N4O4S/c1-12-20(28)25-15-10-13(6-7-16(15)30-12)24-18(27)8-9-26-11-23-21-19(22(26)29)14-4-2-3-5-17(14)31-21/h6-7,10-12H,2-5,8-9H2,1H3,(H,24,27)(H,25,28). The van der Waals surface area contributed by atoms with Gasteiger partial charge in [-0.2, -0.15) is 0 Å². The highest BCUT2D eigenvalue weighted by Crippen LogP contribution is 2.34. The first-order valence-corrected chi connectivity index (χ1v) is 11.2. The smallest absolute Gasteiger partial charge is 0.265 e. The molecule has 1 atom stereocenters. The number of amides is 2. The number of aromatic nitrogens is 2. The molecular weight excluding hydrogens is 416 g/mol. The lowest BCUT2D eigenvalue weighted by molar-refractivity contribution is -0.122. The Labute approximate surface area is 182 Å². The Morgan fingerprint density at radius 3 is 3.03 bits per heavy atom. The molecule has 0 fully saturated rings. The lowest BCUT2D eigenvalue weighted by atomic mass is 9.97. The number of carbonyl (C=O) groups is 2. The molecule has 2 aliphatic rings. The van der Waals surface area contributed by atoms with E-state index in [4.69, 9.17) is 4.74 Å². The van der Waals surface area contributed by atoms with E-state index in [1.54, 1.807) is 36.5 Å². The highest BCUT2D eigenvalue weighted by molar-refractivity contribution is 7.18. The van der Waals surface area contributed by atoms with Gasteiger partial charge in [0.25, 0.3) is 11.5 Å². The van der Waals surface area contributed by atoms with Gasteiger partial charge in [0.2, 0.25) is 5.91 Å². The Morgan fingerprint density at radius 2 is 2.16 bits per heavy atom. The van der Waals surface area contributed by atoms with Crippen LogP contribution in [0.5, 0.6) is 5.75 Å². The van der Waals surface area contributed by atoms with Crippen molar-refractivity contribution in [3.63, 3.8) is 0 Å². The summed E-state index contributed by atoms with van der Waals surface area (Å²) in [6, 6.07) is 5.09. The number of ether oxygens (including phenoxy) is 1. The first-order valence-electron chi connectivity index (χ1n) is 10.4. The first kappa shape index (κ1) is 19.7. The number of hydrogen-bond donors (Lipinski definition) is 2. The third-order valence-electron chi connectivity index (χ3n) is 5.72. The van der Waals surface area contributed by atoms with Gasteiger partial charge in [0.05, 0.1) is 17.4 Å². The van der Waals surface area contributed by atoms with Crippen molar-refractivity contribution in [2.45, 2.75) is 51.7 Å². The molecule has 1 unspecified atom stereocenters. The molecule has 0 saturated carbocycles. The van der Waals surface area contributed by atoms with E-state index in [0.29, 0.717) is 17.1 Å². The summed E-state index contributed by atoms with van der Waals surface area (Å²) >= 11 is 1.62. The number of hydrogen-bond acceptors (Lipinski definition) is 6. The van der Waals surface area contributed by atoms with Crippen LogP contribution in [0.25, 0.3) is 10.2 Å². The van der Waals surface area contributed by atoms with Crippen molar-refractivity contribution in [3.05, 3.63) is 45.3 Å². The van der Waals surface area contributed by atoms with Gasteiger partial charge in [0, 0.05) is 23.5 Å². The van der Waals surface area contributed by atoms with Crippen LogP contribution in [0.15, 0.2) is 29.3 Å². The molecule has 1 aromatic carbocycles. The monoisotopic (exact) mass is 438 g/mol. The van der Waals surface area contributed by atoms with E-state index in [9.17, 15) is 14.4 Å². The Balaban J connectivity index is 1.28. The van der Waals surface area contributed by atoms with Crippen LogP contribution in [0.3, 0.4) is 0 Å².